The van der Waals surface area contributed by atoms with Crippen LogP contribution in [-0.4, -0.2) is 13.1 Å². The Morgan fingerprint density at radius 2 is 1.67 bits per heavy atom. The highest BCUT2D eigenvalue weighted by Gasteiger charge is 2.38. The van der Waals surface area contributed by atoms with E-state index < -0.39 is 0 Å². The average molecular weight is 245 g/mol. The lowest BCUT2D eigenvalue weighted by Crippen LogP contribution is -2.38. The van der Waals surface area contributed by atoms with Crippen molar-refractivity contribution in [3.05, 3.63) is 35.4 Å². The van der Waals surface area contributed by atoms with Gasteiger partial charge in [0, 0.05) is 0 Å². The summed E-state index contributed by atoms with van der Waals surface area (Å²) in [5.41, 5.74) is 3.80. The lowest BCUT2D eigenvalue weighted by atomic mass is 9.74. The molecule has 18 heavy (non-hydrogen) atoms. The van der Waals surface area contributed by atoms with Crippen molar-refractivity contribution in [2.75, 3.05) is 13.1 Å². The molecule has 0 bridgehead atoms. The lowest BCUT2D eigenvalue weighted by Gasteiger charge is -2.34. The van der Waals surface area contributed by atoms with Crippen molar-refractivity contribution in [2.24, 2.45) is 0 Å². The molecule has 0 unspecified atom stereocenters. The molecule has 0 atom stereocenters. The molecule has 1 aromatic rings. The van der Waals surface area contributed by atoms with Gasteiger partial charge in [0.2, 0.25) is 0 Å². The van der Waals surface area contributed by atoms with Crippen LogP contribution in [0.2, 0.25) is 0 Å². The summed E-state index contributed by atoms with van der Waals surface area (Å²) in [6, 6.07) is 9.05. The molecule has 1 heteroatoms. The molecule has 0 saturated carbocycles. The van der Waals surface area contributed by atoms with Gasteiger partial charge in [-0.1, -0.05) is 51.0 Å². The molecular formula is C17H27N. The quantitative estimate of drug-likeness (QED) is 0.786. The van der Waals surface area contributed by atoms with Gasteiger partial charge in [-0.05, 0) is 55.3 Å². The Kier molecular flexibility index (Phi) is 4.82. The molecule has 2 aliphatic rings. The van der Waals surface area contributed by atoms with E-state index in [0.29, 0.717) is 5.41 Å². The average Bonchev–Trinajstić information content (AvgIpc) is 2.79. The molecule has 1 aliphatic carbocycles. The molecule has 1 aliphatic heterocycles. The summed E-state index contributed by atoms with van der Waals surface area (Å²) in [6.07, 6.45) is 8.00. The first-order valence-corrected chi connectivity index (χ1v) is 7.61. The molecule has 1 N–H and O–H groups in total. The maximum Gasteiger partial charge on any atom is -0.00170 e. The Labute approximate surface area is 112 Å². The molecule has 1 aromatic carbocycles. The summed E-state index contributed by atoms with van der Waals surface area (Å²) < 4.78 is 0. The molecule has 0 radical (unpaired) electrons. The summed E-state index contributed by atoms with van der Waals surface area (Å²) in [5, 5.41) is 3.47. The zero-order valence-electron chi connectivity index (χ0n) is 12.0. The van der Waals surface area contributed by atoms with Gasteiger partial charge in [0.1, 0.15) is 0 Å². The van der Waals surface area contributed by atoms with E-state index in [-0.39, 0.29) is 0 Å². The smallest absolute Gasteiger partial charge is 0.00170 e. The minimum absolute atomic E-state index is 0.543. The molecule has 1 spiro atoms. The number of fused-ring (bicyclic) bond motifs is 2. The molecule has 0 aromatic heterocycles. The van der Waals surface area contributed by atoms with Gasteiger partial charge in [0.25, 0.3) is 0 Å². The Bertz CT molecular complexity index is 356. The summed E-state index contributed by atoms with van der Waals surface area (Å²) in [5.74, 6) is 0. The molecule has 100 valence electrons. The summed E-state index contributed by atoms with van der Waals surface area (Å²) in [7, 11) is 0. The van der Waals surface area contributed by atoms with Crippen molar-refractivity contribution in [2.45, 2.75) is 57.8 Å². The van der Waals surface area contributed by atoms with Crippen molar-refractivity contribution >= 4 is 0 Å². The fourth-order valence-electron chi connectivity index (χ4n) is 3.19. The number of hydrogen-bond donors (Lipinski definition) is 1. The van der Waals surface area contributed by atoms with Crippen molar-refractivity contribution < 1.29 is 0 Å². The minimum atomic E-state index is 0.543. The van der Waals surface area contributed by atoms with Crippen LogP contribution in [0.25, 0.3) is 0 Å². The number of piperidine rings is 1. The van der Waals surface area contributed by atoms with Crippen LogP contribution >= 0.6 is 0 Å². The Morgan fingerprint density at radius 3 is 2.33 bits per heavy atom. The third-order valence-electron chi connectivity index (χ3n) is 4.52. The SMILES string of the molecule is CCCC.c1ccc2c(c1)CCC21CCNCC1. The standard InChI is InChI=1S/C13H17N.C4H10/c1-2-4-12-11(3-1)5-6-13(12)7-9-14-10-8-13;1-3-4-2/h1-4,14H,5-10H2;3-4H2,1-2H3. The largest absolute Gasteiger partial charge is 0.317 e. The van der Waals surface area contributed by atoms with Crippen molar-refractivity contribution in [1.82, 2.24) is 5.32 Å². The van der Waals surface area contributed by atoms with Crippen LogP contribution in [0, 0.1) is 0 Å². The predicted octanol–water partition coefficient (Wildman–Crippen LogP) is 4.06. The Morgan fingerprint density at radius 1 is 1.00 bits per heavy atom. The highest BCUT2D eigenvalue weighted by atomic mass is 14.9. The maximum atomic E-state index is 3.47. The van der Waals surface area contributed by atoms with Gasteiger partial charge in [0.15, 0.2) is 0 Å². The Hall–Kier alpha value is -0.820. The van der Waals surface area contributed by atoms with Crippen LogP contribution in [0.5, 0.6) is 0 Å². The summed E-state index contributed by atoms with van der Waals surface area (Å²) >= 11 is 0. The number of rotatable bonds is 1. The second kappa shape index (κ2) is 6.38. The zero-order chi connectivity index (χ0) is 12.8. The highest BCUT2D eigenvalue weighted by Crippen LogP contribution is 2.44. The van der Waals surface area contributed by atoms with E-state index in [2.05, 4.69) is 43.4 Å². The number of unbranched alkanes of at least 4 members (excludes halogenated alkanes) is 1. The van der Waals surface area contributed by atoms with Gasteiger partial charge in [-0.15, -0.1) is 0 Å². The fraction of sp³-hybridized carbons (Fsp3) is 0.647. The van der Waals surface area contributed by atoms with E-state index in [4.69, 9.17) is 0 Å². The second-order valence-corrected chi connectivity index (χ2v) is 5.69. The number of nitrogens with one attached hydrogen (secondary N) is 1. The van der Waals surface area contributed by atoms with Crippen LogP contribution in [0.15, 0.2) is 24.3 Å². The van der Waals surface area contributed by atoms with Crippen LogP contribution in [-0.2, 0) is 11.8 Å². The van der Waals surface area contributed by atoms with Crippen LogP contribution in [0.3, 0.4) is 0 Å². The first kappa shape index (κ1) is 13.6. The van der Waals surface area contributed by atoms with Gasteiger partial charge in [0.05, 0.1) is 0 Å². The van der Waals surface area contributed by atoms with Gasteiger partial charge < -0.3 is 5.32 Å². The minimum Gasteiger partial charge on any atom is -0.317 e. The molecule has 1 saturated heterocycles. The van der Waals surface area contributed by atoms with E-state index >= 15 is 0 Å². The van der Waals surface area contributed by atoms with Crippen LogP contribution in [0.4, 0.5) is 0 Å². The highest BCUT2D eigenvalue weighted by molar-refractivity contribution is 5.39. The fourth-order valence-corrected chi connectivity index (χ4v) is 3.19. The van der Waals surface area contributed by atoms with E-state index in [1.807, 2.05) is 0 Å². The van der Waals surface area contributed by atoms with E-state index in [0.717, 1.165) is 0 Å². The number of hydrogen-bond acceptors (Lipinski definition) is 1. The summed E-state index contributed by atoms with van der Waals surface area (Å²) in [4.78, 5) is 0. The summed E-state index contributed by atoms with van der Waals surface area (Å²) in [6.45, 7) is 6.77. The normalized spacial score (nSPS) is 20.1. The molecule has 3 rings (SSSR count). The van der Waals surface area contributed by atoms with Gasteiger partial charge in [-0.3, -0.25) is 0 Å². The van der Waals surface area contributed by atoms with E-state index in [1.165, 1.54) is 51.6 Å². The van der Waals surface area contributed by atoms with Gasteiger partial charge in [-0.25, -0.2) is 0 Å². The monoisotopic (exact) mass is 245 g/mol. The van der Waals surface area contributed by atoms with Gasteiger partial charge >= 0.3 is 0 Å². The maximum absolute atomic E-state index is 3.47. The molecule has 1 nitrogen and oxygen atoms in total. The van der Waals surface area contributed by atoms with Gasteiger partial charge in [-0.2, -0.15) is 0 Å². The first-order chi connectivity index (χ1) is 8.82. The lowest BCUT2D eigenvalue weighted by molar-refractivity contribution is 0.306. The topological polar surface area (TPSA) is 12.0 Å². The second-order valence-electron chi connectivity index (χ2n) is 5.69. The third-order valence-corrected chi connectivity index (χ3v) is 4.52. The Balaban J connectivity index is 0.000000267. The van der Waals surface area contributed by atoms with Crippen LogP contribution < -0.4 is 5.32 Å². The van der Waals surface area contributed by atoms with E-state index in [1.54, 1.807) is 11.1 Å². The van der Waals surface area contributed by atoms with Crippen molar-refractivity contribution in [1.29, 1.82) is 0 Å². The molecule has 0 amide bonds. The van der Waals surface area contributed by atoms with Crippen molar-refractivity contribution in [3.63, 3.8) is 0 Å². The van der Waals surface area contributed by atoms with Crippen molar-refractivity contribution in [3.8, 4) is 0 Å². The number of aryl methyl sites for hydroxylation is 1. The first-order valence-electron chi connectivity index (χ1n) is 7.61. The zero-order valence-corrected chi connectivity index (χ0v) is 12.0. The third kappa shape index (κ3) is 2.77. The molecule has 1 fully saturated rings. The van der Waals surface area contributed by atoms with E-state index in [9.17, 15) is 0 Å². The van der Waals surface area contributed by atoms with Crippen LogP contribution in [0.1, 0.15) is 57.1 Å². The number of benzene rings is 1. The predicted molar refractivity (Wildman–Crippen MR) is 79.1 cm³/mol. The molecule has 1 heterocycles. The molecular weight excluding hydrogens is 218 g/mol.